The number of hydrogen-bond acceptors (Lipinski definition) is 2. The van der Waals surface area contributed by atoms with Gasteiger partial charge in [0.25, 0.3) is 0 Å². The summed E-state index contributed by atoms with van der Waals surface area (Å²) in [5.74, 6) is 1.43. The second-order valence-electron chi connectivity index (χ2n) is 4.84. The fourth-order valence-corrected chi connectivity index (χ4v) is 1.98. The molecule has 0 aromatic carbocycles. The van der Waals surface area contributed by atoms with Gasteiger partial charge in [0, 0.05) is 5.41 Å². The first-order valence-electron chi connectivity index (χ1n) is 5.30. The topological polar surface area (TPSA) is 30.2 Å². The summed E-state index contributed by atoms with van der Waals surface area (Å²) >= 11 is 0. The highest BCUT2D eigenvalue weighted by molar-refractivity contribution is 6.05. The maximum Gasteiger partial charge on any atom is 0.164 e. The summed E-state index contributed by atoms with van der Waals surface area (Å²) < 4.78 is 5.22. The number of rotatable bonds is 1. The number of carbonyl (C=O) groups excluding carboxylic acids is 1. The van der Waals surface area contributed by atoms with Crippen LogP contribution < -0.4 is 0 Å². The minimum absolute atomic E-state index is 0.224. The molecular formula is C13H16O2. The molecule has 0 spiro atoms. The summed E-state index contributed by atoms with van der Waals surface area (Å²) in [5.41, 5.74) is 0.667. The molecule has 0 aliphatic heterocycles. The van der Waals surface area contributed by atoms with E-state index in [9.17, 15) is 4.79 Å². The van der Waals surface area contributed by atoms with Crippen LogP contribution in [0.15, 0.2) is 28.4 Å². The van der Waals surface area contributed by atoms with E-state index >= 15 is 0 Å². The zero-order valence-corrected chi connectivity index (χ0v) is 9.41. The first-order chi connectivity index (χ1) is 7.01. The maximum atomic E-state index is 12.1. The lowest BCUT2D eigenvalue weighted by atomic mass is 9.82. The van der Waals surface area contributed by atoms with Gasteiger partial charge in [0.15, 0.2) is 5.78 Å². The molecule has 0 amide bonds. The molecule has 0 saturated heterocycles. The third kappa shape index (κ3) is 1.65. The molecule has 2 heteroatoms. The molecule has 1 heterocycles. The van der Waals surface area contributed by atoms with Crippen molar-refractivity contribution in [2.45, 2.75) is 27.2 Å². The highest BCUT2D eigenvalue weighted by atomic mass is 16.3. The summed E-state index contributed by atoms with van der Waals surface area (Å²) in [7, 11) is 0. The number of furan rings is 1. The maximum absolute atomic E-state index is 12.1. The van der Waals surface area contributed by atoms with Gasteiger partial charge in [-0.15, -0.1) is 0 Å². The van der Waals surface area contributed by atoms with Crippen LogP contribution in [0.2, 0.25) is 0 Å². The summed E-state index contributed by atoms with van der Waals surface area (Å²) in [6.07, 6.45) is 4.35. The molecule has 1 aliphatic rings. The Morgan fingerprint density at radius 3 is 2.73 bits per heavy atom. The minimum Gasteiger partial charge on any atom is -0.465 e. The van der Waals surface area contributed by atoms with Gasteiger partial charge in [-0.2, -0.15) is 0 Å². The van der Waals surface area contributed by atoms with E-state index in [4.69, 9.17) is 4.42 Å². The first-order valence-corrected chi connectivity index (χ1v) is 5.30. The van der Waals surface area contributed by atoms with Crippen LogP contribution in [-0.2, 0) is 4.79 Å². The van der Waals surface area contributed by atoms with Crippen LogP contribution in [0.1, 0.15) is 33.0 Å². The van der Waals surface area contributed by atoms with Gasteiger partial charge in [-0.1, -0.05) is 20.8 Å². The normalized spacial score (nSPS) is 27.5. The molecule has 1 aliphatic carbocycles. The van der Waals surface area contributed by atoms with Crippen molar-refractivity contribution >= 4 is 11.9 Å². The fraction of sp³-hybridized carbons (Fsp3) is 0.462. The van der Waals surface area contributed by atoms with Crippen molar-refractivity contribution in [3.05, 3.63) is 29.7 Å². The Morgan fingerprint density at radius 2 is 2.27 bits per heavy atom. The molecule has 0 bridgehead atoms. The monoisotopic (exact) mass is 204 g/mol. The third-order valence-electron chi connectivity index (χ3n) is 3.49. The molecule has 1 aromatic heterocycles. The van der Waals surface area contributed by atoms with Gasteiger partial charge in [0.1, 0.15) is 5.76 Å². The molecule has 0 N–H and O–H groups in total. The van der Waals surface area contributed by atoms with Gasteiger partial charge in [-0.25, -0.2) is 0 Å². The number of carbonyl (C=O) groups is 1. The molecule has 1 saturated carbocycles. The van der Waals surface area contributed by atoms with Gasteiger partial charge in [0.05, 0.1) is 6.26 Å². The lowest BCUT2D eigenvalue weighted by Gasteiger charge is -2.20. The van der Waals surface area contributed by atoms with Crippen LogP contribution in [-0.4, -0.2) is 5.78 Å². The van der Waals surface area contributed by atoms with Crippen LogP contribution in [0.5, 0.6) is 0 Å². The quantitative estimate of drug-likeness (QED) is 0.657. The Morgan fingerprint density at radius 1 is 1.53 bits per heavy atom. The van der Waals surface area contributed by atoms with Crippen LogP contribution in [0.4, 0.5) is 0 Å². The first kappa shape index (κ1) is 10.2. The van der Waals surface area contributed by atoms with Crippen molar-refractivity contribution in [2.75, 3.05) is 0 Å². The summed E-state index contributed by atoms with van der Waals surface area (Å²) in [4.78, 5) is 12.1. The van der Waals surface area contributed by atoms with E-state index in [1.54, 1.807) is 6.26 Å². The van der Waals surface area contributed by atoms with Crippen LogP contribution >= 0.6 is 0 Å². The van der Waals surface area contributed by atoms with E-state index in [0.29, 0.717) is 5.92 Å². The van der Waals surface area contributed by atoms with E-state index in [-0.39, 0.29) is 11.2 Å². The van der Waals surface area contributed by atoms with Crippen molar-refractivity contribution < 1.29 is 9.21 Å². The van der Waals surface area contributed by atoms with E-state index in [0.717, 1.165) is 17.8 Å². The molecule has 1 aromatic rings. The number of Topliss-reactive ketones (excluding diaryl/α,β-unsaturated/α-hetero) is 1. The average molecular weight is 204 g/mol. The standard InChI is InChI=1S/C13H16O2/c1-9-7-10(12(14)13(9,2)3)8-11-5-4-6-15-11/h4-6,8-9H,7H2,1-3H3/b10-8+. The van der Waals surface area contributed by atoms with E-state index in [1.165, 1.54) is 0 Å². The zero-order valence-electron chi connectivity index (χ0n) is 9.41. The van der Waals surface area contributed by atoms with Crippen LogP contribution in [0.25, 0.3) is 6.08 Å². The molecule has 80 valence electrons. The molecule has 1 fully saturated rings. The number of hydrogen-bond donors (Lipinski definition) is 0. The lowest BCUT2D eigenvalue weighted by molar-refractivity contribution is -0.122. The minimum atomic E-state index is -0.224. The molecule has 15 heavy (non-hydrogen) atoms. The highest BCUT2D eigenvalue weighted by Crippen LogP contribution is 2.42. The fourth-order valence-electron chi connectivity index (χ4n) is 1.98. The summed E-state index contributed by atoms with van der Waals surface area (Å²) in [6, 6.07) is 3.71. The second kappa shape index (κ2) is 3.37. The Labute approximate surface area is 90.0 Å². The highest BCUT2D eigenvalue weighted by Gasteiger charge is 2.42. The predicted molar refractivity (Wildman–Crippen MR) is 59.3 cm³/mol. The second-order valence-corrected chi connectivity index (χ2v) is 4.84. The molecule has 1 unspecified atom stereocenters. The molecule has 2 nitrogen and oxygen atoms in total. The number of ketones is 1. The van der Waals surface area contributed by atoms with Gasteiger partial charge in [0.2, 0.25) is 0 Å². The van der Waals surface area contributed by atoms with Gasteiger partial charge >= 0.3 is 0 Å². The van der Waals surface area contributed by atoms with Crippen molar-refractivity contribution in [2.24, 2.45) is 11.3 Å². The van der Waals surface area contributed by atoms with Crippen molar-refractivity contribution in [3.8, 4) is 0 Å². The largest absolute Gasteiger partial charge is 0.465 e. The summed E-state index contributed by atoms with van der Waals surface area (Å²) in [5, 5.41) is 0. The zero-order chi connectivity index (χ0) is 11.1. The van der Waals surface area contributed by atoms with Crippen LogP contribution in [0.3, 0.4) is 0 Å². The molecule has 1 atom stereocenters. The Hall–Kier alpha value is -1.31. The molecular weight excluding hydrogens is 188 g/mol. The average Bonchev–Trinajstić information content (AvgIpc) is 2.73. The Bertz CT molecular complexity index is 396. The molecule has 0 radical (unpaired) electrons. The Kier molecular flexibility index (Phi) is 2.29. The predicted octanol–water partition coefficient (Wildman–Crippen LogP) is 3.30. The Balaban J connectivity index is 2.31. The van der Waals surface area contributed by atoms with Gasteiger partial charge in [-0.05, 0) is 36.1 Å². The third-order valence-corrected chi connectivity index (χ3v) is 3.49. The number of allylic oxidation sites excluding steroid dienone is 1. The molecule has 2 rings (SSSR count). The summed E-state index contributed by atoms with van der Waals surface area (Å²) in [6.45, 7) is 6.16. The van der Waals surface area contributed by atoms with Gasteiger partial charge in [-0.3, -0.25) is 4.79 Å². The van der Waals surface area contributed by atoms with E-state index < -0.39 is 0 Å². The lowest BCUT2D eigenvalue weighted by Crippen LogP contribution is -2.23. The van der Waals surface area contributed by atoms with Crippen molar-refractivity contribution in [1.82, 2.24) is 0 Å². The van der Waals surface area contributed by atoms with Crippen molar-refractivity contribution in [3.63, 3.8) is 0 Å². The van der Waals surface area contributed by atoms with E-state index in [1.807, 2.05) is 32.1 Å². The van der Waals surface area contributed by atoms with Crippen LogP contribution in [0, 0.1) is 11.3 Å². The van der Waals surface area contributed by atoms with E-state index in [2.05, 4.69) is 6.92 Å². The van der Waals surface area contributed by atoms with Crippen molar-refractivity contribution in [1.29, 1.82) is 0 Å². The SMILES string of the molecule is CC1C/C(=C\c2ccco2)C(=O)C1(C)C. The van der Waals surface area contributed by atoms with Gasteiger partial charge < -0.3 is 4.42 Å². The smallest absolute Gasteiger partial charge is 0.164 e.